The fraction of sp³-hybridized carbons (Fsp3) is 0.333. The summed E-state index contributed by atoms with van der Waals surface area (Å²) in [5.41, 5.74) is 2.64. The van der Waals surface area contributed by atoms with Crippen molar-refractivity contribution in [1.29, 1.82) is 0 Å². The molecular weight excluding hydrogens is 144 g/mol. The first kappa shape index (κ1) is 13.5. The fourth-order valence-corrected chi connectivity index (χ4v) is 0.868. The number of benzene rings is 1. The number of hydrogen-bond acceptors (Lipinski definition) is 0. The Morgan fingerprint density at radius 1 is 1.08 bits per heavy atom. The summed E-state index contributed by atoms with van der Waals surface area (Å²) in [6.07, 6.45) is 2.12. The van der Waals surface area contributed by atoms with Crippen molar-refractivity contribution in [3.63, 3.8) is 0 Å². The molecule has 1 aromatic carbocycles. The quantitative estimate of drug-likeness (QED) is 0.577. The second-order valence-electron chi connectivity index (χ2n) is 2.34. The molecule has 0 nitrogen and oxygen atoms in total. The topological polar surface area (TPSA) is 0 Å². The molecule has 1 rings (SSSR count). The van der Waals surface area contributed by atoms with Gasteiger partial charge in [0.2, 0.25) is 0 Å². The maximum atomic E-state index is 2.12. The van der Waals surface area contributed by atoms with E-state index in [0.29, 0.717) is 0 Å². The van der Waals surface area contributed by atoms with Crippen LogP contribution in [0.15, 0.2) is 36.4 Å². The Bertz CT molecular complexity index is 219. The maximum absolute atomic E-state index is 2.12. The fourth-order valence-electron chi connectivity index (χ4n) is 0.868. The van der Waals surface area contributed by atoms with Crippen LogP contribution in [0.4, 0.5) is 0 Å². The van der Waals surface area contributed by atoms with Gasteiger partial charge >= 0.3 is 0 Å². The predicted octanol–water partition coefficient (Wildman–Crippen LogP) is 4.38. The lowest BCUT2D eigenvalue weighted by Crippen LogP contribution is -1.75. The van der Waals surface area contributed by atoms with Gasteiger partial charge in [-0.1, -0.05) is 51.3 Å². The molecule has 0 radical (unpaired) electrons. The van der Waals surface area contributed by atoms with E-state index in [2.05, 4.69) is 44.2 Å². The first-order valence-electron chi connectivity index (χ1n) is 3.53. The van der Waals surface area contributed by atoms with E-state index >= 15 is 0 Å². The monoisotopic (exact) mass is 164 g/mol. The van der Waals surface area contributed by atoms with Gasteiger partial charge in [0, 0.05) is 0 Å². The van der Waals surface area contributed by atoms with Gasteiger partial charge in [-0.15, -0.1) is 0 Å². The summed E-state index contributed by atoms with van der Waals surface area (Å²) in [6, 6.07) is 10.4. The third kappa shape index (κ3) is 3.38. The summed E-state index contributed by atoms with van der Waals surface area (Å²) < 4.78 is 0. The highest BCUT2D eigenvalue weighted by molar-refractivity contribution is 5.62. The van der Waals surface area contributed by atoms with Crippen LogP contribution in [0.3, 0.4) is 0 Å². The SMILES string of the molecule is C.C.C/C=C(\C)c1ccccc1. The van der Waals surface area contributed by atoms with E-state index in [0.717, 1.165) is 0 Å². The van der Waals surface area contributed by atoms with Crippen LogP contribution >= 0.6 is 0 Å². The zero-order valence-electron chi connectivity index (χ0n) is 6.46. The van der Waals surface area contributed by atoms with Gasteiger partial charge in [-0.25, -0.2) is 0 Å². The van der Waals surface area contributed by atoms with Crippen LogP contribution in [-0.4, -0.2) is 0 Å². The van der Waals surface area contributed by atoms with Crippen LogP contribution in [0, 0.1) is 0 Å². The largest absolute Gasteiger partial charge is 0.0841 e. The van der Waals surface area contributed by atoms with E-state index in [1.54, 1.807) is 0 Å². The molecule has 12 heavy (non-hydrogen) atoms. The second kappa shape index (κ2) is 6.66. The Balaban J connectivity index is 0. The van der Waals surface area contributed by atoms with E-state index in [4.69, 9.17) is 0 Å². The molecule has 0 fully saturated rings. The molecule has 0 aliphatic carbocycles. The van der Waals surface area contributed by atoms with Crippen molar-refractivity contribution in [2.45, 2.75) is 28.7 Å². The highest BCUT2D eigenvalue weighted by Gasteiger charge is 1.88. The van der Waals surface area contributed by atoms with Crippen molar-refractivity contribution in [2.75, 3.05) is 0 Å². The third-order valence-electron chi connectivity index (χ3n) is 1.66. The summed E-state index contributed by atoms with van der Waals surface area (Å²) in [7, 11) is 0. The summed E-state index contributed by atoms with van der Waals surface area (Å²) in [5.74, 6) is 0. The van der Waals surface area contributed by atoms with Crippen LogP contribution < -0.4 is 0 Å². The zero-order chi connectivity index (χ0) is 7.40. The molecule has 0 saturated carbocycles. The van der Waals surface area contributed by atoms with Crippen molar-refractivity contribution in [3.05, 3.63) is 42.0 Å². The van der Waals surface area contributed by atoms with Crippen molar-refractivity contribution < 1.29 is 0 Å². The summed E-state index contributed by atoms with van der Waals surface area (Å²) >= 11 is 0. The van der Waals surface area contributed by atoms with Gasteiger partial charge in [-0.3, -0.25) is 0 Å². The van der Waals surface area contributed by atoms with E-state index < -0.39 is 0 Å². The van der Waals surface area contributed by atoms with Gasteiger partial charge in [-0.05, 0) is 25.0 Å². The summed E-state index contributed by atoms with van der Waals surface area (Å²) in [6.45, 7) is 4.18. The van der Waals surface area contributed by atoms with Gasteiger partial charge in [0.05, 0.1) is 0 Å². The third-order valence-corrected chi connectivity index (χ3v) is 1.66. The minimum absolute atomic E-state index is 0. The average Bonchev–Trinajstić information content (AvgIpc) is 2.05. The number of allylic oxidation sites excluding steroid dienone is 2. The number of rotatable bonds is 1. The van der Waals surface area contributed by atoms with E-state index in [1.807, 2.05) is 6.07 Å². The normalized spacial score (nSPS) is 9.67. The molecule has 0 atom stereocenters. The Hall–Kier alpha value is -1.04. The number of hydrogen-bond donors (Lipinski definition) is 0. The Morgan fingerprint density at radius 2 is 1.58 bits per heavy atom. The van der Waals surface area contributed by atoms with Gasteiger partial charge in [0.25, 0.3) is 0 Å². The van der Waals surface area contributed by atoms with Gasteiger partial charge in [-0.2, -0.15) is 0 Å². The minimum atomic E-state index is 0. The zero-order valence-corrected chi connectivity index (χ0v) is 6.46. The average molecular weight is 164 g/mol. The van der Waals surface area contributed by atoms with Crippen LogP contribution in [-0.2, 0) is 0 Å². The highest BCUT2D eigenvalue weighted by Crippen LogP contribution is 2.11. The summed E-state index contributed by atoms with van der Waals surface area (Å²) in [4.78, 5) is 0. The van der Waals surface area contributed by atoms with Gasteiger partial charge < -0.3 is 0 Å². The maximum Gasteiger partial charge on any atom is -0.0231 e. The van der Waals surface area contributed by atoms with Crippen LogP contribution in [0.25, 0.3) is 5.57 Å². The molecule has 0 aliphatic rings. The Labute approximate surface area is 76.9 Å². The molecule has 1 aromatic rings. The minimum Gasteiger partial charge on any atom is -0.0841 e. The lowest BCUT2D eigenvalue weighted by Gasteiger charge is -1.97. The first-order valence-corrected chi connectivity index (χ1v) is 3.53. The molecule has 0 aliphatic heterocycles. The highest BCUT2D eigenvalue weighted by atomic mass is 13.9. The van der Waals surface area contributed by atoms with Crippen LogP contribution in [0.5, 0.6) is 0 Å². The van der Waals surface area contributed by atoms with E-state index in [1.165, 1.54) is 11.1 Å². The first-order chi connectivity index (χ1) is 4.84. The molecule has 68 valence electrons. The van der Waals surface area contributed by atoms with Crippen molar-refractivity contribution in [1.82, 2.24) is 0 Å². The molecule has 0 bridgehead atoms. The molecule has 0 aromatic heterocycles. The predicted molar refractivity (Wildman–Crippen MR) is 59.2 cm³/mol. The molecule has 0 amide bonds. The molecular formula is C12H20. The van der Waals surface area contributed by atoms with Crippen molar-refractivity contribution in [2.24, 2.45) is 0 Å². The van der Waals surface area contributed by atoms with Crippen LogP contribution in [0.1, 0.15) is 34.3 Å². The van der Waals surface area contributed by atoms with Crippen molar-refractivity contribution in [3.8, 4) is 0 Å². The van der Waals surface area contributed by atoms with Gasteiger partial charge in [0.1, 0.15) is 0 Å². The van der Waals surface area contributed by atoms with Gasteiger partial charge in [0.15, 0.2) is 0 Å². The smallest absolute Gasteiger partial charge is 0.0231 e. The van der Waals surface area contributed by atoms with Crippen LogP contribution in [0.2, 0.25) is 0 Å². The van der Waals surface area contributed by atoms with E-state index in [-0.39, 0.29) is 14.9 Å². The molecule has 0 unspecified atom stereocenters. The Kier molecular flexibility index (Phi) is 7.51. The summed E-state index contributed by atoms with van der Waals surface area (Å²) in [5, 5.41) is 0. The molecule has 0 saturated heterocycles. The lowest BCUT2D eigenvalue weighted by atomic mass is 10.1. The second-order valence-corrected chi connectivity index (χ2v) is 2.34. The molecule has 0 N–H and O–H groups in total. The standard InChI is InChI=1S/C10H12.2CH4/c1-3-9(2)10-7-5-4-6-8-10;;/h3-8H,1-2H3;2*1H4/b9-3+;;. The van der Waals surface area contributed by atoms with E-state index in [9.17, 15) is 0 Å². The molecule has 0 heteroatoms. The molecule has 0 heterocycles. The lowest BCUT2D eigenvalue weighted by molar-refractivity contribution is 1.54. The van der Waals surface area contributed by atoms with Crippen molar-refractivity contribution >= 4 is 5.57 Å². The Morgan fingerprint density at radius 3 is 2.00 bits per heavy atom. The molecule has 0 spiro atoms.